The van der Waals surface area contributed by atoms with Gasteiger partial charge in [-0.1, -0.05) is 75.8 Å². The van der Waals surface area contributed by atoms with Crippen LogP contribution in [0.25, 0.3) is 0 Å². The average molecular weight is 878 g/mol. The molecule has 1 aromatic carbocycles. The predicted octanol–water partition coefficient (Wildman–Crippen LogP) is 4.80. The van der Waals surface area contributed by atoms with E-state index < -0.39 is 6.09 Å². The van der Waals surface area contributed by atoms with Gasteiger partial charge in [0.05, 0.1) is 159 Å². The number of benzene rings is 1. The van der Waals surface area contributed by atoms with Gasteiger partial charge in [0.1, 0.15) is 13.2 Å². The Morgan fingerprint density at radius 3 is 1.10 bits per heavy atom. The van der Waals surface area contributed by atoms with Gasteiger partial charge in [-0.05, 0) is 12.0 Å². The summed E-state index contributed by atoms with van der Waals surface area (Å²) in [5.41, 5.74) is 0.935. The Hall–Kier alpha value is -2.52. The number of hydrogen-bond donors (Lipinski definition) is 1. The van der Waals surface area contributed by atoms with Gasteiger partial charge in [0, 0.05) is 13.0 Å². The normalized spacial score (nSPS) is 11.3. The maximum Gasteiger partial charge on any atom is 0.407 e. The van der Waals surface area contributed by atoms with Gasteiger partial charge in [0.2, 0.25) is 0 Å². The number of esters is 1. The Labute approximate surface area is 365 Å². The van der Waals surface area contributed by atoms with Crippen LogP contribution in [0.4, 0.5) is 4.79 Å². The molecule has 0 aliphatic carbocycles. The minimum absolute atomic E-state index is 0.146. The van der Waals surface area contributed by atoms with E-state index in [9.17, 15) is 9.59 Å². The van der Waals surface area contributed by atoms with Crippen LogP contribution in [-0.2, 0) is 77.7 Å². The third-order valence-corrected chi connectivity index (χ3v) is 8.30. The summed E-state index contributed by atoms with van der Waals surface area (Å²) in [6.45, 7) is 14.3. The molecule has 0 aliphatic rings. The third-order valence-electron chi connectivity index (χ3n) is 8.30. The maximum atomic E-state index is 11.7. The van der Waals surface area contributed by atoms with Gasteiger partial charge >= 0.3 is 12.1 Å². The standard InChI is InChI=1S/C44H79NO16/c1-2-3-4-5-6-7-11-14-43(46)60-40-39-59-38-37-58-36-35-57-34-33-56-32-31-55-30-29-54-28-27-53-26-25-52-24-23-51-22-21-50-20-19-49-18-17-48-16-15-45-44(47)61-41-42-12-9-8-10-13-42/h8-10,12-13H,2-7,11,14-41H2,1H3,(H,45,47). The van der Waals surface area contributed by atoms with Gasteiger partial charge in [-0.25, -0.2) is 4.79 Å². The molecule has 0 aromatic heterocycles. The first-order chi connectivity index (χ1) is 30.2. The molecule has 0 radical (unpaired) electrons. The number of nitrogens with one attached hydrogen (secondary N) is 1. The largest absolute Gasteiger partial charge is 0.463 e. The number of amides is 1. The molecule has 17 nitrogen and oxygen atoms in total. The molecule has 1 N–H and O–H groups in total. The van der Waals surface area contributed by atoms with Gasteiger partial charge < -0.3 is 71.6 Å². The summed E-state index contributed by atoms with van der Waals surface area (Å²) in [5, 5.41) is 2.64. The van der Waals surface area contributed by atoms with E-state index >= 15 is 0 Å². The van der Waals surface area contributed by atoms with Gasteiger partial charge in [0.25, 0.3) is 0 Å². The van der Waals surface area contributed by atoms with Gasteiger partial charge in [-0.2, -0.15) is 0 Å². The molecule has 0 fully saturated rings. The minimum Gasteiger partial charge on any atom is -0.463 e. The molecule has 61 heavy (non-hydrogen) atoms. The van der Waals surface area contributed by atoms with Crippen LogP contribution >= 0.6 is 0 Å². The average Bonchev–Trinajstić information content (AvgIpc) is 3.27. The van der Waals surface area contributed by atoms with Crippen molar-refractivity contribution >= 4 is 12.1 Å². The molecule has 17 heteroatoms. The van der Waals surface area contributed by atoms with E-state index in [4.69, 9.17) is 66.3 Å². The quantitative estimate of drug-likeness (QED) is 0.0698. The Morgan fingerprint density at radius 2 is 0.721 bits per heavy atom. The van der Waals surface area contributed by atoms with Gasteiger partial charge in [-0.15, -0.1) is 0 Å². The predicted molar refractivity (Wildman–Crippen MR) is 228 cm³/mol. The first kappa shape index (κ1) is 56.5. The van der Waals surface area contributed by atoms with E-state index in [0.29, 0.717) is 172 Å². The highest BCUT2D eigenvalue weighted by Gasteiger charge is 2.04. The minimum atomic E-state index is -0.473. The second-order valence-corrected chi connectivity index (χ2v) is 13.4. The van der Waals surface area contributed by atoms with E-state index in [1.54, 1.807) is 0 Å². The van der Waals surface area contributed by atoms with Crippen LogP contribution in [0.5, 0.6) is 0 Å². The molecule has 0 bridgehead atoms. The van der Waals surface area contributed by atoms with Crippen LogP contribution in [0.15, 0.2) is 30.3 Å². The van der Waals surface area contributed by atoms with Crippen molar-refractivity contribution in [2.75, 3.05) is 172 Å². The van der Waals surface area contributed by atoms with Crippen molar-refractivity contribution < 1.29 is 75.9 Å². The molecular formula is C44H79NO16. The highest BCUT2D eigenvalue weighted by atomic mass is 16.6. The molecule has 1 aromatic rings. The lowest BCUT2D eigenvalue weighted by molar-refractivity contribution is -0.145. The summed E-state index contributed by atoms with van der Waals surface area (Å²) in [5.74, 6) is -0.146. The Balaban J connectivity index is 1.63. The molecule has 0 heterocycles. The molecule has 1 rings (SSSR count). The lowest BCUT2D eigenvalue weighted by Gasteiger charge is -2.09. The van der Waals surface area contributed by atoms with Gasteiger partial charge in [0.15, 0.2) is 0 Å². The molecule has 1 amide bonds. The fourth-order valence-corrected chi connectivity index (χ4v) is 5.03. The number of rotatable bonds is 49. The Bertz CT molecular complexity index is 1040. The molecule has 0 spiro atoms. The molecule has 0 atom stereocenters. The summed E-state index contributed by atoms with van der Waals surface area (Å²) in [4.78, 5) is 23.4. The summed E-state index contributed by atoms with van der Waals surface area (Å²) in [7, 11) is 0. The van der Waals surface area contributed by atoms with E-state index in [1.807, 2.05) is 30.3 Å². The zero-order valence-corrected chi connectivity index (χ0v) is 37.2. The fraction of sp³-hybridized carbons (Fsp3) is 0.818. The van der Waals surface area contributed by atoms with Crippen LogP contribution in [0.3, 0.4) is 0 Å². The second-order valence-electron chi connectivity index (χ2n) is 13.4. The lowest BCUT2D eigenvalue weighted by Crippen LogP contribution is -2.28. The van der Waals surface area contributed by atoms with E-state index in [2.05, 4.69) is 12.2 Å². The SMILES string of the molecule is CCCCCCCCCC(=O)OCCOCCOCCOCCOCCOCCOCCOCCOCCOCCOCCOCCOCCNC(=O)OCc1ccccc1. The Morgan fingerprint density at radius 1 is 0.393 bits per heavy atom. The van der Waals surface area contributed by atoms with Crippen molar-refractivity contribution in [3.05, 3.63) is 35.9 Å². The Kier molecular flexibility index (Phi) is 44.9. The number of alkyl carbamates (subject to hydrolysis) is 1. The van der Waals surface area contributed by atoms with E-state index in [0.717, 1.165) is 18.4 Å². The van der Waals surface area contributed by atoms with Crippen molar-refractivity contribution in [2.45, 2.75) is 64.9 Å². The number of carbonyl (C=O) groups excluding carboxylic acids is 2. The zero-order valence-electron chi connectivity index (χ0n) is 37.2. The van der Waals surface area contributed by atoms with Crippen LogP contribution in [0.1, 0.15) is 63.9 Å². The molecule has 0 unspecified atom stereocenters. The van der Waals surface area contributed by atoms with Crippen molar-refractivity contribution in [1.29, 1.82) is 0 Å². The highest BCUT2D eigenvalue weighted by molar-refractivity contribution is 5.69. The number of unbranched alkanes of at least 4 members (excludes halogenated alkanes) is 6. The summed E-state index contributed by atoms with van der Waals surface area (Å²) in [6.07, 6.45) is 8.28. The molecule has 0 saturated heterocycles. The van der Waals surface area contributed by atoms with Crippen molar-refractivity contribution in [1.82, 2.24) is 5.32 Å². The molecular weight excluding hydrogens is 798 g/mol. The van der Waals surface area contributed by atoms with Gasteiger partial charge in [-0.3, -0.25) is 4.79 Å². The molecule has 0 aliphatic heterocycles. The van der Waals surface area contributed by atoms with Crippen molar-refractivity contribution in [2.24, 2.45) is 0 Å². The molecule has 356 valence electrons. The van der Waals surface area contributed by atoms with Crippen LogP contribution in [0, 0.1) is 0 Å². The summed E-state index contributed by atoms with van der Waals surface area (Å²) < 4.78 is 76.1. The topological polar surface area (TPSA) is 175 Å². The third kappa shape index (κ3) is 45.3. The summed E-state index contributed by atoms with van der Waals surface area (Å²) in [6, 6.07) is 9.50. The molecule has 0 saturated carbocycles. The summed E-state index contributed by atoms with van der Waals surface area (Å²) >= 11 is 0. The van der Waals surface area contributed by atoms with Crippen LogP contribution in [-0.4, -0.2) is 184 Å². The van der Waals surface area contributed by atoms with E-state index in [-0.39, 0.29) is 19.2 Å². The maximum absolute atomic E-state index is 11.7. The van der Waals surface area contributed by atoms with Crippen LogP contribution in [0.2, 0.25) is 0 Å². The van der Waals surface area contributed by atoms with Crippen LogP contribution < -0.4 is 5.32 Å². The lowest BCUT2D eigenvalue weighted by atomic mass is 10.1. The smallest absolute Gasteiger partial charge is 0.407 e. The second kappa shape index (κ2) is 48.5. The first-order valence-corrected chi connectivity index (χ1v) is 22.3. The zero-order chi connectivity index (χ0) is 43.6. The fourth-order valence-electron chi connectivity index (χ4n) is 5.03. The highest BCUT2D eigenvalue weighted by Crippen LogP contribution is 2.09. The van der Waals surface area contributed by atoms with E-state index in [1.165, 1.54) is 32.1 Å². The van der Waals surface area contributed by atoms with Crippen molar-refractivity contribution in [3.63, 3.8) is 0 Å². The number of carbonyl (C=O) groups is 2. The first-order valence-electron chi connectivity index (χ1n) is 22.3. The monoisotopic (exact) mass is 878 g/mol. The van der Waals surface area contributed by atoms with Crippen molar-refractivity contribution in [3.8, 4) is 0 Å². The number of ether oxygens (including phenoxy) is 14. The number of hydrogen-bond acceptors (Lipinski definition) is 16.